The second-order valence-electron chi connectivity index (χ2n) is 9.95. The molecule has 10 nitrogen and oxygen atoms in total. The van der Waals surface area contributed by atoms with Crippen LogP contribution in [0, 0.1) is 0 Å². The molecule has 0 atom stereocenters. The monoisotopic (exact) mass is 487 g/mol. The van der Waals surface area contributed by atoms with E-state index in [2.05, 4.69) is 10.2 Å². The summed E-state index contributed by atoms with van der Waals surface area (Å²) in [6.07, 6.45) is 6.90. The minimum absolute atomic E-state index is 0.0250. The first kappa shape index (κ1) is 23.5. The summed E-state index contributed by atoms with van der Waals surface area (Å²) in [5.74, 6) is -0.0945. The first-order valence-corrected chi connectivity index (χ1v) is 11.8. The second-order valence-corrected chi connectivity index (χ2v) is 9.95. The number of benzene rings is 1. The molecule has 10 heteroatoms. The van der Waals surface area contributed by atoms with Gasteiger partial charge in [0, 0.05) is 44.0 Å². The molecule has 2 amide bonds. The van der Waals surface area contributed by atoms with Crippen LogP contribution in [0.4, 0.5) is 4.79 Å². The Morgan fingerprint density at radius 3 is 2.47 bits per heavy atom. The first-order valence-electron chi connectivity index (χ1n) is 11.8. The predicted octanol–water partition coefficient (Wildman–Crippen LogP) is 3.38. The number of hydrogen-bond donors (Lipinski definition) is 0. The first-order chi connectivity index (χ1) is 17.2. The fraction of sp³-hybridized carbons (Fsp3) is 0.346. The van der Waals surface area contributed by atoms with Gasteiger partial charge in [-0.3, -0.25) is 14.4 Å². The van der Waals surface area contributed by atoms with E-state index in [1.807, 2.05) is 75.1 Å². The fourth-order valence-electron chi connectivity index (χ4n) is 4.18. The maximum atomic E-state index is 12.7. The largest absolute Gasteiger partial charge is 0.444 e. The van der Waals surface area contributed by atoms with E-state index >= 15 is 0 Å². The third kappa shape index (κ3) is 4.93. The number of piperazine rings is 1. The lowest BCUT2D eigenvalue weighted by molar-refractivity contribution is -0.136. The normalized spacial score (nSPS) is 14.5. The summed E-state index contributed by atoms with van der Waals surface area (Å²) < 4.78 is 8.96. The molecule has 0 unspecified atom stereocenters. The molecule has 36 heavy (non-hydrogen) atoms. The number of rotatable bonds is 4. The Balaban J connectivity index is 1.31. The fourth-order valence-corrected chi connectivity index (χ4v) is 4.18. The second kappa shape index (κ2) is 9.10. The number of amides is 2. The molecule has 4 heterocycles. The summed E-state index contributed by atoms with van der Waals surface area (Å²) in [6.45, 7) is 6.86. The smallest absolute Gasteiger partial charge is 0.410 e. The average Bonchev–Trinajstić information content (AvgIpc) is 3.48. The highest BCUT2D eigenvalue weighted by Gasteiger charge is 2.30. The Kier molecular flexibility index (Phi) is 5.95. The van der Waals surface area contributed by atoms with E-state index in [9.17, 15) is 9.59 Å². The maximum absolute atomic E-state index is 12.7. The number of nitrogens with zero attached hydrogens (tertiary/aromatic N) is 7. The van der Waals surface area contributed by atoms with Crippen LogP contribution in [-0.4, -0.2) is 71.4 Å². The summed E-state index contributed by atoms with van der Waals surface area (Å²) in [7, 11) is 1.87. The summed E-state index contributed by atoms with van der Waals surface area (Å²) in [5, 5.41) is 8.66. The van der Waals surface area contributed by atoms with Crippen molar-refractivity contribution >= 4 is 17.5 Å². The lowest BCUT2D eigenvalue weighted by Crippen LogP contribution is -2.52. The van der Waals surface area contributed by atoms with Gasteiger partial charge in [-0.15, -0.1) is 0 Å². The molecule has 186 valence electrons. The number of aryl methyl sites for hydroxylation is 1. The summed E-state index contributed by atoms with van der Waals surface area (Å²) in [4.78, 5) is 33.2. The third-order valence-electron chi connectivity index (χ3n) is 5.96. The quantitative estimate of drug-likeness (QED) is 0.438. The van der Waals surface area contributed by atoms with Gasteiger partial charge in [-0.1, -0.05) is 24.3 Å². The van der Waals surface area contributed by atoms with Gasteiger partial charge in [-0.2, -0.15) is 10.2 Å². The molecule has 3 aromatic heterocycles. The van der Waals surface area contributed by atoms with Gasteiger partial charge < -0.3 is 9.64 Å². The lowest BCUT2D eigenvalue weighted by atomic mass is 10.1. The number of hydrogen-bond acceptors (Lipinski definition) is 6. The molecule has 1 aliphatic heterocycles. The van der Waals surface area contributed by atoms with Crippen LogP contribution < -0.4 is 0 Å². The molecule has 4 aromatic rings. The van der Waals surface area contributed by atoms with E-state index in [0.717, 1.165) is 33.6 Å². The van der Waals surface area contributed by atoms with Crippen molar-refractivity contribution < 1.29 is 14.3 Å². The molecule has 1 aliphatic rings. The number of fused-ring (bicyclic) bond motifs is 1. The standard InChI is InChI=1S/C26H29N7O3/c1-26(2,3)36-25(35)32-12-11-31(23(34)17-32)14-18-5-7-19(8-6-18)24-22-9-10-27-33(22)16-21(29-24)20-13-28-30(4)15-20/h5-10,13,15-16H,11-12,14,17H2,1-4H3. The highest BCUT2D eigenvalue weighted by molar-refractivity contribution is 5.84. The predicted molar refractivity (Wildman–Crippen MR) is 134 cm³/mol. The van der Waals surface area contributed by atoms with Crippen LogP contribution in [0.15, 0.2) is 55.1 Å². The molecule has 1 saturated heterocycles. The zero-order valence-corrected chi connectivity index (χ0v) is 20.9. The molecule has 1 aromatic carbocycles. The highest BCUT2D eigenvalue weighted by atomic mass is 16.6. The van der Waals surface area contributed by atoms with Crippen molar-refractivity contribution in [3.63, 3.8) is 0 Å². The Morgan fingerprint density at radius 2 is 1.81 bits per heavy atom. The van der Waals surface area contributed by atoms with Crippen molar-refractivity contribution in [3.8, 4) is 22.5 Å². The molecular formula is C26H29N7O3. The van der Waals surface area contributed by atoms with Crippen molar-refractivity contribution in [3.05, 3.63) is 60.7 Å². The topological polar surface area (TPSA) is 97.9 Å². The van der Waals surface area contributed by atoms with Gasteiger partial charge in [0.25, 0.3) is 0 Å². The molecule has 0 aliphatic carbocycles. The van der Waals surface area contributed by atoms with Crippen LogP contribution in [0.1, 0.15) is 26.3 Å². The van der Waals surface area contributed by atoms with Gasteiger partial charge in [0.05, 0.1) is 35.5 Å². The molecule has 0 N–H and O–H groups in total. The summed E-state index contributed by atoms with van der Waals surface area (Å²) in [5.41, 5.74) is 4.80. The lowest BCUT2D eigenvalue weighted by Gasteiger charge is -2.35. The summed E-state index contributed by atoms with van der Waals surface area (Å²) in [6, 6.07) is 9.98. The van der Waals surface area contributed by atoms with Gasteiger partial charge in [0.2, 0.25) is 5.91 Å². The zero-order chi connectivity index (χ0) is 25.4. The Bertz CT molecular complexity index is 1420. The zero-order valence-electron chi connectivity index (χ0n) is 20.9. The molecule has 0 spiro atoms. The van der Waals surface area contributed by atoms with Gasteiger partial charge in [-0.05, 0) is 32.4 Å². The summed E-state index contributed by atoms with van der Waals surface area (Å²) >= 11 is 0. The van der Waals surface area contributed by atoms with Crippen LogP contribution in [-0.2, 0) is 23.1 Å². The Labute approximate surface area is 209 Å². The van der Waals surface area contributed by atoms with E-state index in [4.69, 9.17) is 9.72 Å². The van der Waals surface area contributed by atoms with Gasteiger partial charge in [0.15, 0.2) is 0 Å². The molecule has 0 bridgehead atoms. The number of carbonyl (C=O) groups excluding carboxylic acids is 2. The maximum Gasteiger partial charge on any atom is 0.410 e. The van der Waals surface area contributed by atoms with Crippen molar-refractivity contribution in [2.45, 2.75) is 32.9 Å². The van der Waals surface area contributed by atoms with Crippen molar-refractivity contribution in [2.24, 2.45) is 7.05 Å². The molecule has 0 radical (unpaired) electrons. The van der Waals surface area contributed by atoms with Crippen LogP contribution in [0.25, 0.3) is 28.0 Å². The number of carbonyl (C=O) groups is 2. The van der Waals surface area contributed by atoms with Gasteiger partial charge in [-0.25, -0.2) is 14.3 Å². The van der Waals surface area contributed by atoms with Crippen molar-refractivity contribution in [1.29, 1.82) is 0 Å². The van der Waals surface area contributed by atoms with E-state index in [0.29, 0.717) is 19.6 Å². The minimum Gasteiger partial charge on any atom is -0.444 e. The number of ether oxygens (including phenoxy) is 1. The Morgan fingerprint density at radius 1 is 1.03 bits per heavy atom. The average molecular weight is 488 g/mol. The van der Waals surface area contributed by atoms with Crippen molar-refractivity contribution in [1.82, 2.24) is 34.2 Å². The van der Waals surface area contributed by atoms with Crippen LogP contribution in [0.2, 0.25) is 0 Å². The van der Waals surface area contributed by atoms with Crippen LogP contribution in [0.5, 0.6) is 0 Å². The van der Waals surface area contributed by atoms with E-state index < -0.39 is 11.7 Å². The minimum atomic E-state index is -0.589. The molecule has 1 fully saturated rings. The molecular weight excluding hydrogens is 458 g/mol. The molecule has 5 rings (SSSR count). The van der Waals surface area contributed by atoms with Crippen LogP contribution in [0.3, 0.4) is 0 Å². The van der Waals surface area contributed by atoms with E-state index in [1.54, 1.807) is 22.0 Å². The van der Waals surface area contributed by atoms with E-state index in [-0.39, 0.29) is 12.5 Å². The van der Waals surface area contributed by atoms with Crippen molar-refractivity contribution in [2.75, 3.05) is 19.6 Å². The Hall–Kier alpha value is -4.21. The van der Waals surface area contributed by atoms with Crippen LogP contribution >= 0.6 is 0 Å². The molecule has 0 saturated carbocycles. The SMILES string of the molecule is Cn1cc(-c2cn3nccc3c(-c3ccc(CN4CCN(C(=O)OC(C)(C)C)CC4=O)cc3)n2)cn1. The number of aromatic nitrogens is 5. The highest BCUT2D eigenvalue weighted by Crippen LogP contribution is 2.27. The van der Waals surface area contributed by atoms with E-state index in [1.165, 1.54) is 4.90 Å². The van der Waals surface area contributed by atoms with Gasteiger partial charge in [0.1, 0.15) is 12.1 Å². The third-order valence-corrected chi connectivity index (χ3v) is 5.96. The van der Waals surface area contributed by atoms with Gasteiger partial charge >= 0.3 is 6.09 Å².